The van der Waals surface area contributed by atoms with Crippen LogP contribution in [0, 0.1) is 0 Å². The molecular weight excluding hydrogens is 260 g/mol. The standard InChI is InChI=1S/C19H18O2/c20-18(17-11-13-5-1-2-6-15(13)17)12-14-9-10-21-19-8-4-3-7-16(14)19/h1-8,14,17H,9-12H2. The normalized spacial score (nSPS) is 22.5. The highest BCUT2D eigenvalue weighted by Gasteiger charge is 2.33. The van der Waals surface area contributed by atoms with Crippen molar-refractivity contribution in [1.82, 2.24) is 0 Å². The average molecular weight is 278 g/mol. The number of hydrogen-bond acceptors (Lipinski definition) is 2. The lowest BCUT2D eigenvalue weighted by atomic mass is 9.72. The molecule has 2 aromatic rings. The van der Waals surface area contributed by atoms with Gasteiger partial charge in [-0.25, -0.2) is 0 Å². The molecule has 4 rings (SSSR count). The first kappa shape index (κ1) is 12.6. The molecule has 1 heterocycles. The Balaban J connectivity index is 1.52. The Bertz CT molecular complexity index is 689. The van der Waals surface area contributed by atoms with E-state index in [1.807, 2.05) is 30.3 Å². The number of rotatable bonds is 3. The van der Waals surface area contributed by atoms with Crippen LogP contribution in [-0.2, 0) is 11.2 Å². The lowest BCUT2D eigenvalue weighted by Gasteiger charge is -2.31. The highest BCUT2D eigenvalue weighted by Crippen LogP contribution is 2.40. The maximum atomic E-state index is 12.6. The molecule has 0 saturated carbocycles. The largest absolute Gasteiger partial charge is 0.493 e. The SMILES string of the molecule is O=C(CC1CCOc2ccccc21)C1Cc2ccccc21. The van der Waals surface area contributed by atoms with E-state index >= 15 is 0 Å². The number of carbonyl (C=O) groups excluding carboxylic acids is 1. The fourth-order valence-corrected chi connectivity index (χ4v) is 3.56. The van der Waals surface area contributed by atoms with Gasteiger partial charge in [-0.15, -0.1) is 0 Å². The van der Waals surface area contributed by atoms with Crippen LogP contribution < -0.4 is 4.74 Å². The Hall–Kier alpha value is -2.09. The Morgan fingerprint density at radius 1 is 1.05 bits per heavy atom. The van der Waals surface area contributed by atoms with Gasteiger partial charge in [-0.1, -0.05) is 42.5 Å². The molecule has 21 heavy (non-hydrogen) atoms. The van der Waals surface area contributed by atoms with Crippen molar-refractivity contribution in [1.29, 1.82) is 0 Å². The van der Waals surface area contributed by atoms with E-state index in [9.17, 15) is 4.79 Å². The number of benzene rings is 2. The third kappa shape index (κ3) is 2.15. The smallest absolute Gasteiger partial charge is 0.141 e. The topological polar surface area (TPSA) is 26.3 Å². The summed E-state index contributed by atoms with van der Waals surface area (Å²) in [7, 11) is 0. The van der Waals surface area contributed by atoms with E-state index in [1.54, 1.807) is 0 Å². The first-order valence-corrected chi connectivity index (χ1v) is 7.65. The van der Waals surface area contributed by atoms with Gasteiger partial charge >= 0.3 is 0 Å². The molecular formula is C19H18O2. The minimum absolute atomic E-state index is 0.121. The maximum absolute atomic E-state index is 12.6. The zero-order valence-electron chi connectivity index (χ0n) is 11.9. The van der Waals surface area contributed by atoms with E-state index < -0.39 is 0 Å². The lowest BCUT2D eigenvalue weighted by molar-refractivity contribution is -0.121. The molecule has 0 bridgehead atoms. The average Bonchev–Trinajstić information content (AvgIpc) is 2.49. The summed E-state index contributed by atoms with van der Waals surface area (Å²) >= 11 is 0. The molecule has 0 N–H and O–H groups in total. The minimum Gasteiger partial charge on any atom is -0.493 e. The van der Waals surface area contributed by atoms with Crippen LogP contribution in [0.1, 0.15) is 41.4 Å². The van der Waals surface area contributed by atoms with Crippen molar-refractivity contribution in [2.75, 3.05) is 6.61 Å². The second kappa shape index (κ2) is 5.03. The van der Waals surface area contributed by atoms with Gasteiger partial charge in [-0.3, -0.25) is 4.79 Å². The Morgan fingerprint density at radius 2 is 1.81 bits per heavy atom. The number of ether oxygens (including phenoxy) is 1. The molecule has 2 atom stereocenters. The molecule has 2 unspecified atom stereocenters. The molecule has 2 nitrogen and oxygen atoms in total. The van der Waals surface area contributed by atoms with Crippen molar-refractivity contribution in [2.45, 2.75) is 31.1 Å². The summed E-state index contributed by atoms with van der Waals surface area (Å²) in [6, 6.07) is 16.4. The fourth-order valence-electron chi connectivity index (χ4n) is 3.56. The van der Waals surface area contributed by atoms with Crippen LogP contribution in [0.3, 0.4) is 0 Å². The molecule has 0 aromatic heterocycles. The van der Waals surface area contributed by atoms with Crippen LogP contribution in [0.4, 0.5) is 0 Å². The molecule has 2 heteroatoms. The van der Waals surface area contributed by atoms with Gasteiger partial charge in [0.1, 0.15) is 11.5 Å². The van der Waals surface area contributed by atoms with Crippen molar-refractivity contribution in [2.24, 2.45) is 0 Å². The monoisotopic (exact) mass is 278 g/mol. The summed E-state index contributed by atoms with van der Waals surface area (Å²) in [6.45, 7) is 0.718. The van der Waals surface area contributed by atoms with Crippen LogP contribution in [-0.4, -0.2) is 12.4 Å². The quantitative estimate of drug-likeness (QED) is 0.852. The van der Waals surface area contributed by atoms with Crippen molar-refractivity contribution >= 4 is 5.78 Å². The lowest BCUT2D eigenvalue weighted by Crippen LogP contribution is -2.27. The van der Waals surface area contributed by atoms with Crippen molar-refractivity contribution in [3.05, 3.63) is 65.2 Å². The number of ketones is 1. The first-order chi connectivity index (χ1) is 10.3. The van der Waals surface area contributed by atoms with E-state index in [0.717, 1.165) is 25.2 Å². The molecule has 0 saturated heterocycles. The van der Waals surface area contributed by atoms with Gasteiger partial charge in [0.05, 0.1) is 6.61 Å². The van der Waals surface area contributed by atoms with Gasteiger partial charge in [-0.2, -0.15) is 0 Å². The van der Waals surface area contributed by atoms with E-state index in [1.165, 1.54) is 16.7 Å². The Labute approximate surface area is 124 Å². The maximum Gasteiger partial charge on any atom is 0.141 e. The Morgan fingerprint density at radius 3 is 2.67 bits per heavy atom. The number of carbonyl (C=O) groups is 1. The van der Waals surface area contributed by atoms with Gasteiger partial charge in [0.15, 0.2) is 0 Å². The van der Waals surface area contributed by atoms with Gasteiger partial charge in [0, 0.05) is 12.3 Å². The third-order valence-corrected chi connectivity index (χ3v) is 4.77. The van der Waals surface area contributed by atoms with E-state index in [0.29, 0.717) is 18.1 Å². The predicted octanol–water partition coefficient (Wildman–Crippen LogP) is 3.85. The molecule has 106 valence electrons. The fraction of sp³-hybridized carbons (Fsp3) is 0.316. The summed E-state index contributed by atoms with van der Waals surface area (Å²) in [5.74, 6) is 1.78. The molecule has 2 aliphatic rings. The molecule has 1 aliphatic carbocycles. The Kier molecular flexibility index (Phi) is 3.03. The molecule has 0 spiro atoms. The number of Topliss-reactive ketones (excluding diaryl/α,β-unsaturated/α-hetero) is 1. The second-order valence-corrected chi connectivity index (χ2v) is 6.00. The van der Waals surface area contributed by atoms with Gasteiger partial charge in [0.25, 0.3) is 0 Å². The summed E-state index contributed by atoms with van der Waals surface area (Å²) in [5.41, 5.74) is 3.77. The predicted molar refractivity (Wildman–Crippen MR) is 81.8 cm³/mol. The van der Waals surface area contributed by atoms with Crippen LogP contribution in [0.5, 0.6) is 5.75 Å². The molecule has 0 fully saturated rings. The zero-order chi connectivity index (χ0) is 14.2. The van der Waals surface area contributed by atoms with E-state index in [4.69, 9.17) is 4.74 Å². The van der Waals surface area contributed by atoms with Crippen LogP contribution >= 0.6 is 0 Å². The van der Waals surface area contributed by atoms with Crippen molar-refractivity contribution in [3.63, 3.8) is 0 Å². The van der Waals surface area contributed by atoms with Gasteiger partial charge in [0.2, 0.25) is 0 Å². The number of para-hydroxylation sites is 1. The van der Waals surface area contributed by atoms with Crippen LogP contribution in [0.2, 0.25) is 0 Å². The molecule has 0 amide bonds. The highest BCUT2D eigenvalue weighted by molar-refractivity contribution is 5.89. The highest BCUT2D eigenvalue weighted by atomic mass is 16.5. The summed E-state index contributed by atoms with van der Waals surface area (Å²) < 4.78 is 5.68. The summed E-state index contributed by atoms with van der Waals surface area (Å²) in [4.78, 5) is 12.6. The number of hydrogen-bond donors (Lipinski definition) is 0. The molecule has 0 radical (unpaired) electrons. The van der Waals surface area contributed by atoms with Gasteiger partial charge < -0.3 is 4.74 Å². The van der Waals surface area contributed by atoms with Crippen molar-refractivity contribution < 1.29 is 9.53 Å². The van der Waals surface area contributed by atoms with Crippen molar-refractivity contribution in [3.8, 4) is 5.75 Å². The molecule has 2 aromatic carbocycles. The van der Waals surface area contributed by atoms with Crippen LogP contribution in [0.25, 0.3) is 0 Å². The summed E-state index contributed by atoms with van der Waals surface area (Å²) in [6.07, 6.45) is 2.50. The van der Waals surface area contributed by atoms with E-state index in [-0.39, 0.29) is 5.92 Å². The van der Waals surface area contributed by atoms with Gasteiger partial charge in [-0.05, 0) is 41.5 Å². The number of fused-ring (bicyclic) bond motifs is 2. The third-order valence-electron chi connectivity index (χ3n) is 4.77. The second-order valence-electron chi connectivity index (χ2n) is 6.00. The molecule has 1 aliphatic heterocycles. The minimum atomic E-state index is 0.121. The van der Waals surface area contributed by atoms with Crippen LogP contribution in [0.15, 0.2) is 48.5 Å². The van der Waals surface area contributed by atoms with E-state index in [2.05, 4.69) is 18.2 Å². The first-order valence-electron chi connectivity index (χ1n) is 7.65. The summed E-state index contributed by atoms with van der Waals surface area (Å²) in [5, 5.41) is 0. The zero-order valence-corrected chi connectivity index (χ0v) is 11.9.